The maximum Gasteiger partial charge on any atom is 0.142 e. The number of hydrogen-bond acceptors (Lipinski definition) is 8. The lowest BCUT2D eigenvalue weighted by Crippen LogP contribution is -2.33. The lowest BCUT2D eigenvalue weighted by atomic mass is 10.1. The number of ether oxygens (including phenoxy) is 1. The van der Waals surface area contributed by atoms with E-state index in [-0.39, 0.29) is 25.6 Å². The highest BCUT2D eigenvalue weighted by Gasteiger charge is 2.27. The number of benzene rings is 2. The van der Waals surface area contributed by atoms with Gasteiger partial charge in [-0.05, 0) is 58.1 Å². The number of aliphatic hydroxyl groups excluding tert-OH is 2. The van der Waals surface area contributed by atoms with Crippen LogP contribution in [-0.2, 0) is 17.3 Å². The molecule has 2 aliphatic rings. The molecule has 0 spiro atoms. The SMILES string of the molecule is Cl.OC[C@H](O)COS1=C2C(=C(Nc3ccc(OCc4ccccn4)c(Cl)c3)N=CN2Cc2ccccc2)C=C1. The molecule has 39 heavy (non-hydrogen) atoms. The summed E-state index contributed by atoms with van der Waals surface area (Å²) in [7, 11) is -0.728. The van der Waals surface area contributed by atoms with Crippen molar-refractivity contribution in [3.63, 3.8) is 0 Å². The molecule has 2 aliphatic heterocycles. The molecule has 2 aromatic carbocycles. The molecule has 0 aliphatic carbocycles. The largest absolute Gasteiger partial charge is 0.486 e. The van der Waals surface area contributed by atoms with E-state index in [1.165, 1.54) is 0 Å². The number of anilines is 1. The topological polar surface area (TPSA) is 99.4 Å². The number of nitrogens with zero attached hydrogens (tertiary/aromatic N) is 3. The van der Waals surface area contributed by atoms with Crippen LogP contribution in [0.5, 0.6) is 5.75 Å². The fourth-order valence-electron chi connectivity index (χ4n) is 3.83. The van der Waals surface area contributed by atoms with E-state index in [2.05, 4.69) is 22.4 Å². The Labute approximate surface area is 240 Å². The van der Waals surface area contributed by atoms with Crippen molar-refractivity contribution in [3.05, 3.63) is 112 Å². The van der Waals surface area contributed by atoms with Crippen LogP contribution < -0.4 is 10.1 Å². The van der Waals surface area contributed by atoms with E-state index in [0.29, 0.717) is 29.7 Å². The zero-order valence-corrected chi connectivity index (χ0v) is 23.2. The molecule has 1 aromatic heterocycles. The molecule has 11 heteroatoms. The van der Waals surface area contributed by atoms with Crippen LogP contribution in [0.4, 0.5) is 5.69 Å². The maximum atomic E-state index is 9.82. The third kappa shape index (κ3) is 7.27. The summed E-state index contributed by atoms with van der Waals surface area (Å²) in [5, 5.41) is 24.8. The summed E-state index contributed by atoms with van der Waals surface area (Å²) in [5.74, 6) is 1.21. The van der Waals surface area contributed by atoms with Gasteiger partial charge in [-0.2, -0.15) is 0 Å². The Bertz CT molecular complexity index is 1400. The van der Waals surface area contributed by atoms with Crippen molar-refractivity contribution in [2.75, 3.05) is 18.5 Å². The predicted octanol–water partition coefficient (Wildman–Crippen LogP) is 5.11. The number of aromatic nitrogens is 1. The highest BCUT2D eigenvalue weighted by atomic mass is 35.5. The monoisotopic (exact) mass is 586 g/mol. The minimum Gasteiger partial charge on any atom is -0.486 e. The van der Waals surface area contributed by atoms with Gasteiger partial charge in [0.1, 0.15) is 29.3 Å². The molecule has 0 saturated heterocycles. The fourth-order valence-corrected chi connectivity index (χ4v) is 5.68. The molecule has 3 aromatic rings. The summed E-state index contributed by atoms with van der Waals surface area (Å²) in [5.41, 5.74) is 3.58. The van der Waals surface area contributed by atoms with E-state index in [4.69, 9.17) is 25.5 Å². The summed E-state index contributed by atoms with van der Waals surface area (Å²) < 4.78 is 11.8. The molecule has 204 valence electrons. The van der Waals surface area contributed by atoms with Crippen molar-refractivity contribution < 1.29 is 19.1 Å². The minimum absolute atomic E-state index is 0. The van der Waals surface area contributed by atoms with Crippen molar-refractivity contribution in [1.82, 2.24) is 9.88 Å². The van der Waals surface area contributed by atoms with Gasteiger partial charge in [-0.15, -0.1) is 12.4 Å². The summed E-state index contributed by atoms with van der Waals surface area (Å²) in [6.45, 7) is 0.598. The maximum absolute atomic E-state index is 9.82. The second-order valence-electron chi connectivity index (χ2n) is 8.53. The fraction of sp³-hybridized carbons (Fsp3) is 0.179. The Morgan fingerprint density at radius 2 is 1.90 bits per heavy atom. The van der Waals surface area contributed by atoms with Gasteiger partial charge in [0.25, 0.3) is 0 Å². The van der Waals surface area contributed by atoms with E-state index in [1.807, 2.05) is 64.9 Å². The van der Waals surface area contributed by atoms with Gasteiger partial charge >= 0.3 is 0 Å². The van der Waals surface area contributed by atoms with Gasteiger partial charge in [0.2, 0.25) is 0 Å². The van der Waals surface area contributed by atoms with Gasteiger partial charge in [-0.3, -0.25) is 4.98 Å². The molecule has 2 atom stereocenters. The highest BCUT2D eigenvalue weighted by Crippen LogP contribution is 2.36. The van der Waals surface area contributed by atoms with Crippen molar-refractivity contribution in [1.29, 1.82) is 0 Å². The molecule has 0 amide bonds. The first-order chi connectivity index (χ1) is 18.6. The van der Waals surface area contributed by atoms with Gasteiger partial charge in [0.15, 0.2) is 0 Å². The van der Waals surface area contributed by atoms with Gasteiger partial charge in [-0.25, -0.2) is 4.99 Å². The summed E-state index contributed by atoms with van der Waals surface area (Å²) in [6.07, 6.45) is 4.52. The van der Waals surface area contributed by atoms with Crippen molar-refractivity contribution in [2.45, 2.75) is 19.3 Å². The molecule has 0 radical (unpaired) electrons. The molecule has 8 nitrogen and oxygen atoms in total. The van der Waals surface area contributed by atoms with E-state index >= 15 is 0 Å². The van der Waals surface area contributed by atoms with Crippen LogP contribution in [-0.4, -0.2) is 50.7 Å². The molecule has 5 rings (SSSR count). The van der Waals surface area contributed by atoms with Gasteiger partial charge < -0.3 is 29.3 Å². The van der Waals surface area contributed by atoms with Crippen LogP contribution in [0, 0.1) is 0 Å². The average molecular weight is 588 g/mol. The first-order valence-electron chi connectivity index (χ1n) is 12.0. The van der Waals surface area contributed by atoms with Crippen LogP contribution in [0.25, 0.3) is 0 Å². The van der Waals surface area contributed by atoms with Crippen LogP contribution in [0.15, 0.2) is 101 Å². The van der Waals surface area contributed by atoms with Crippen LogP contribution >= 0.6 is 34.8 Å². The van der Waals surface area contributed by atoms with Crippen LogP contribution in [0.1, 0.15) is 11.3 Å². The first kappa shape index (κ1) is 28.8. The Hall–Kier alpha value is -3.18. The summed E-state index contributed by atoms with van der Waals surface area (Å²) in [6, 6.07) is 21.2. The van der Waals surface area contributed by atoms with Crippen molar-refractivity contribution >= 4 is 51.8 Å². The number of aliphatic imine (C=N–C) groups is 1. The molecule has 0 fully saturated rings. The zero-order chi connectivity index (χ0) is 26.3. The predicted molar refractivity (Wildman–Crippen MR) is 159 cm³/mol. The third-order valence-corrected chi connectivity index (χ3v) is 7.62. The van der Waals surface area contributed by atoms with Gasteiger partial charge in [0, 0.05) is 24.0 Å². The Kier molecular flexibility index (Phi) is 10.2. The Morgan fingerprint density at radius 3 is 2.64 bits per heavy atom. The molecule has 3 heterocycles. The molecule has 0 saturated carbocycles. The second-order valence-corrected chi connectivity index (χ2v) is 10.4. The molecular weight excluding hydrogens is 559 g/mol. The smallest absolute Gasteiger partial charge is 0.142 e. The molecule has 0 bridgehead atoms. The van der Waals surface area contributed by atoms with Crippen LogP contribution in [0.2, 0.25) is 5.02 Å². The lowest BCUT2D eigenvalue weighted by Gasteiger charge is -2.28. The quantitative estimate of drug-likeness (QED) is 0.268. The Morgan fingerprint density at radius 1 is 1.08 bits per heavy atom. The van der Waals surface area contributed by atoms with Gasteiger partial charge in [-0.1, -0.05) is 48.0 Å². The number of nitrogens with one attached hydrogen (secondary N) is 1. The molecule has 3 N–H and O–H groups in total. The normalized spacial score (nSPS) is 16.6. The number of halogens is 2. The lowest BCUT2D eigenvalue weighted by molar-refractivity contribution is 0.0603. The van der Waals surface area contributed by atoms with E-state index < -0.39 is 16.9 Å². The van der Waals surface area contributed by atoms with Crippen molar-refractivity contribution in [3.8, 4) is 5.75 Å². The number of fused-ring (bicyclic) bond motifs is 1. The zero-order valence-electron chi connectivity index (χ0n) is 20.8. The summed E-state index contributed by atoms with van der Waals surface area (Å²) >= 11 is 6.52. The summed E-state index contributed by atoms with van der Waals surface area (Å²) in [4.78, 5) is 11.9. The van der Waals surface area contributed by atoms with E-state index in [9.17, 15) is 10.2 Å². The standard InChI is InChI=1S/C28H27ClN4O4S.ClH/c29-25-14-21(9-10-26(25)36-17-22-8-4-5-12-30-22)32-27-24-11-13-38(37-18-23(35)16-34)28(24)33(19-31-27)15-20-6-2-1-3-7-20;/h1-14,19,23,32,34-35H,15-18H2;1H/t23-,38?;/m0./s1. The first-order valence-corrected chi connectivity index (χ1v) is 13.6. The third-order valence-electron chi connectivity index (χ3n) is 5.71. The molecular formula is C28H28Cl2N4O4S. The number of aliphatic hydroxyl groups is 2. The Balaban J connectivity index is 0.00000353. The van der Waals surface area contributed by atoms with Gasteiger partial charge in [0.05, 0.1) is 30.3 Å². The van der Waals surface area contributed by atoms with Crippen molar-refractivity contribution in [2.24, 2.45) is 4.99 Å². The number of hydrogen-bond donors (Lipinski definition) is 3. The van der Waals surface area contributed by atoms with Crippen LogP contribution in [0.3, 0.4) is 0 Å². The second kappa shape index (κ2) is 13.7. The van der Waals surface area contributed by atoms with E-state index in [0.717, 1.165) is 27.5 Å². The highest BCUT2D eigenvalue weighted by molar-refractivity contribution is 8.15. The molecule has 1 unspecified atom stereocenters. The average Bonchev–Trinajstić information content (AvgIpc) is 3.38. The van der Waals surface area contributed by atoms with E-state index in [1.54, 1.807) is 18.6 Å². The minimum atomic E-state index is -0.942. The number of pyridine rings is 1. The number of rotatable bonds is 11.